The zero-order chi connectivity index (χ0) is 21.6. The summed E-state index contributed by atoms with van der Waals surface area (Å²) in [5, 5.41) is 1.61. The number of guanidine groups is 1. The van der Waals surface area contributed by atoms with E-state index in [4.69, 9.17) is 26.9 Å². The van der Waals surface area contributed by atoms with Crippen molar-refractivity contribution in [2.24, 2.45) is 16.1 Å². The molecule has 5 rings (SSSR count). The van der Waals surface area contributed by atoms with E-state index in [2.05, 4.69) is 30.0 Å². The number of aliphatic imine (C=N–C) groups is 1. The van der Waals surface area contributed by atoms with Gasteiger partial charge in [-0.05, 0) is 67.9 Å². The summed E-state index contributed by atoms with van der Waals surface area (Å²) in [6, 6.07) is 14.3. The summed E-state index contributed by atoms with van der Waals surface area (Å²) in [6.07, 6.45) is 5.22. The first kappa shape index (κ1) is 20.0. The minimum atomic E-state index is -0.800. The van der Waals surface area contributed by atoms with Crippen LogP contribution in [0.2, 0.25) is 0 Å². The molecule has 2 aromatic carbocycles. The van der Waals surface area contributed by atoms with Gasteiger partial charge in [0.1, 0.15) is 0 Å². The largest absolute Gasteiger partial charge is 0.379 e. The Morgan fingerprint density at radius 2 is 2.00 bits per heavy atom. The molecule has 1 atom stereocenters. The van der Waals surface area contributed by atoms with Gasteiger partial charge in [0.25, 0.3) is 0 Å². The lowest BCUT2D eigenvalue weighted by molar-refractivity contribution is -0.232. The van der Waals surface area contributed by atoms with E-state index in [-0.39, 0.29) is 5.41 Å². The van der Waals surface area contributed by atoms with E-state index < -0.39 is 5.72 Å². The van der Waals surface area contributed by atoms with Crippen LogP contribution in [0.5, 0.6) is 0 Å². The smallest absolute Gasteiger partial charge is 0.220 e. The van der Waals surface area contributed by atoms with Crippen LogP contribution in [0, 0.1) is 12.0 Å². The molecule has 0 aromatic heterocycles. The second-order valence-corrected chi connectivity index (χ2v) is 8.85. The van der Waals surface area contributed by atoms with Gasteiger partial charge in [-0.15, -0.1) is 0 Å². The first-order chi connectivity index (χ1) is 15.0. The van der Waals surface area contributed by atoms with Crippen molar-refractivity contribution in [2.45, 2.75) is 50.9 Å². The van der Waals surface area contributed by atoms with E-state index in [1.54, 1.807) is 5.06 Å². The summed E-state index contributed by atoms with van der Waals surface area (Å²) in [5.41, 5.74) is 10.4. The number of nitrogens with zero attached hydrogens (tertiary/aromatic N) is 3. The maximum Gasteiger partial charge on any atom is 0.220 e. The van der Waals surface area contributed by atoms with Crippen LogP contribution in [0.15, 0.2) is 47.5 Å². The number of fused-ring (bicyclic) bond motifs is 3. The fourth-order valence-electron chi connectivity index (χ4n) is 5.63. The van der Waals surface area contributed by atoms with E-state index >= 15 is 0 Å². The van der Waals surface area contributed by atoms with Crippen molar-refractivity contribution in [3.05, 3.63) is 65.0 Å². The molecular weight excluding hydrogens is 388 g/mol. The monoisotopic (exact) mass is 416 g/mol. The van der Waals surface area contributed by atoms with E-state index in [1.807, 2.05) is 31.3 Å². The molecule has 1 fully saturated rings. The van der Waals surface area contributed by atoms with Gasteiger partial charge in [-0.1, -0.05) is 30.3 Å². The summed E-state index contributed by atoms with van der Waals surface area (Å²) >= 11 is 0. The zero-order valence-corrected chi connectivity index (χ0v) is 18.1. The first-order valence-corrected chi connectivity index (χ1v) is 11.0. The van der Waals surface area contributed by atoms with Gasteiger partial charge in [-0.25, -0.2) is 19.7 Å². The van der Waals surface area contributed by atoms with Crippen molar-refractivity contribution in [3.8, 4) is 11.1 Å². The first-order valence-electron chi connectivity index (χ1n) is 11.0. The van der Waals surface area contributed by atoms with Crippen LogP contribution >= 0.6 is 0 Å². The normalized spacial score (nSPS) is 29.3. The predicted octanol–water partition coefficient (Wildman–Crippen LogP) is 4.77. The van der Waals surface area contributed by atoms with Gasteiger partial charge in [-0.2, -0.15) is 0 Å². The second-order valence-electron chi connectivity index (χ2n) is 8.85. The van der Waals surface area contributed by atoms with Crippen LogP contribution in [0.4, 0.5) is 5.69 Å². The van der Waals surface area contributed by atoms with Gasteiger partial charge in [-0.3, -0.25) is 0 Å². The van der Waals surface area contributed by atoms with Gasteiger partial charge in [0, 0.05) is 24.6 Å². The molecule has 1 unspecified atom stereocenters. The third kappa shape index (κ3) is 3.03. The van der Waals surface area contributed by atoms with Crippen molar-refractivity contribution >= 4 is 11.6 Å². The lowest BCUT2D eigenvalue weighted by Gasteiger charge is -2.45. The van der Waals surface area contributed by atoms with Gasteiger partial charge in [0.15, 0.2) is 5.69 Å². The minimum Gasteiger partial charge on any atom is -0.379 e. The average molecular weight is 417 g/mol. The molecule has 2 aliphatic carbocycles. The molecule has 6 heteroatoms. The van der Waals surface area contributed by atoms with Gasteiger partial charge in [0.05, 0.1) is 12.7 Å². The summed E-state index contributed by atoms with van der Waals surface area (Å²) < 4.78 is 5.92. The van der Waals surface area contributed by atoms with Crippen LogP contribution in [0.25, 0.3) is 16.0 Å². The highest BCUT2D eigenvalue weighted by Gasteiger charge is 2.63. The lowest BCUT2D eigenvalue weighted by atomic mass is 9.66. The molecule has 1 heterocycles. The molecule has 160 valence electrons. The molecule has 1 aliphatic heterocycles. The molecule has 1 saturated carbocycles. The third-order valence-electron chi connectivity index (χ3n) is 7.19. The Labute approximate surface area is 183 Å². The molecule has 0 saturated heterocycles. The lowest BCUT2D eigenvalue weighted by Crippen LogP contribution is -2.46. The SMILES string of the molecule is [C-]#[N+]c1cccc(-c2ccc3c(c2)C2(N=C(N)N(C)O2)C2(CCC(OCC)CC2)C3)c1. The Balaban J connectivity index is 1.59. The quantitative estimate of drug-likeness (QED) is 0.732. The zero-order valence-electron chi connectivity index (χ0n) is 18.1. The second kappa shape index (κ2) is 7.37. The number of benzene rings is 2. The van der Waals surface area contributed by atoms with Crippen LogP contribution in [0.3, 0.4) is 0 Å². The van der Waals surface area contributed by atoms with E-state index in [9.17, 15) is 0 Å². The maximum absolute atomic E-state index is 7.33. The molecule has 3 aliphatic rings. The van der Waals surface area contributed by atoms with Crippen molar-refractivity contribution in [1.29, 1.82) is 0 Å². The minimum absolute atomic E-state index is 0.130. The van der Waals surface area contributed by atoms with Crippen molar-refractivity contribution < 1.29 is 9.57 Å². The molecule has 0 bridgehead atoms. The number of hydrogen-bond donors (Lipinski definition) is 1. The summed E-state index contributed by atoms with van der Waals surface area (Å²) in [7, 11) is 1.83. The molecule has 6 nitrogen and oxygen atoms in total. The highest BCUT2D eigenvalue weighted by molar-refractivity contribution is 5.79. The highest BCUT2D eigenvalue weighted by atomic mass is 16.7. The van der Waals surface area contributed by atoms with Crippen molar-refractivity contribution in [2.75, 3.05) is 13.7 Å². The number of ether oxygens (including phenoxy) is 1. The third-order valence-corrected chi connectivity index (χ3v) is 7.19. The highest BCUT2D eigenvalue weighted by Crippen LogP contribution is 2.62. The molecule has 2 aromatic rings. The standard InChI is InChI=1S/C25H28N4O2/c1-4-30-21-10-12-24(13-11-21)16-19-9-8-18(17-6-5-7-20(14-17)27-2)15-22(19)25(24)28-23(26)29(3)31-25/h5-9,14-15,21H,4,10-13,16H2,1,3H3,(H2,26,28). The Bertz CT molecular complexity index is 1080. The van der Waals surface area contributed by atoms with Crippen molar-refractivity contribution in [3.63, 3.8) is 0 Å². The summed E-state index contributed by atoms with van der Waals surface area (Å²) in [4.78, 5) is 15.0. The van der Waals surface area contributed by atoms with Crippen LogP contribution in [0.1, 0.15) is 43.7 Å². The van der Waals surface area contributed by atoms with Gasteiger partial charge in [0.2, 0.25) is 11.7 Å². The van der Waals surface area contributed by atoms with E-state index in [0.29, 0.717) is 17.8 Å². The Morgan fingerprint density at radius 3 is 2.68 bits per heavy atom. The fourth-order valence-corrected chi connectivity index (χ4v) is 5.63. The fraction of sp³-hybridized carbons (Fsp3) is 0.440. The van der Waals surface area contributed by atoms with Crippen LogP contribution in [-0.2, 0) is 21.7 Å². The molecule has 2 spiro atoms. The molecule has 0 amide bonds. The number of hydroxylamine groups is 2. The Morgan fingerprint density at radius 1 is 1.23 bits per heavy atom. The number of nitrogens with two attached hydrogens (primary N) is 1. The van der Waals surface area contributed by atoms with Crippen LogP contribution < -0.4 is 5.73 Å². The molecule has 0 radical (unpaired) electrons. The van der Waals surface area contributed by atoms with Gasteiger partial charge >= 0.3 is 0 Å². The predicted molar refractivity (Wildman–Crippen MR) is 120 cm³/mol. The van der Waals surface area contributed by atoms with Crippen molar-refractivity contribution in [1.82, 2.24) is 5.06 Å². The molecular formula is C25H28N4O2. The number of hydrogen-bond acceptors (Lipinski definition) is 5. The molecule has 31 heavy (non-hydrogen) atoms. The Kier molecular flexibility index (Phi) is 4.76. The van der Waals surface area contributed by atoms with Crippen LogP contribution in [-0.4, -0.2) is 30.8 Å². The maximum atomic E-state index is 7.33. The van der Waals surface area contributed by atoms with E-state index in [1.165, 1.54) is 5.56 Å². The van der Waals surface area contributed by atoms with E-state index in [0.717, 1.165) is 55.4 Å². The topological polar surface area (TPSA) is 64.4 Å². The molecule has 2 N–H and O–H groups in total. The summed E-state index contributed by atoms with van der Waals surface area (Å²) in [6.45, 7) is 10.1. The average Bonchev–Trinajstić information content (AvgIpc) is 3.23. The van der Waals surface area contributed by atoms with Gasteiger partial charge < -0.3 is 10.5 Å². The Hall–Kier alpha value is -2.88. The number of rotatable bonds is 3. The summed E-state index contributed by atoms with van der Waals surface area (Å²) in [5.74, 6) is 0.416.